The van der Waals surface area contributed by atoms with Crippen LogP contribution in [0.1, 0.15) is 16.7 Å². The molecule has 2 aliphatic rings. The van der Waals surface area contributed by atoms with Gasteiger partial charge < -0.3 is 15.1 Å². The zero-order valence-electron chi connectivity index (χ0n) is 25.1. The minimum atomic E-state index is -3.94. The van der Waals surface area contributed by atoms with Crippen LogP contribution in [0.25, 0.3) is 6.08 Å². The summed E-state index contributed by atoms with van der Waals surface area (Å²) >= 11 is 1.26. The van der Waals surface area contributed by atoms with Crippen molar-refractivity contribution in [2.75, 3.05) is 41.3 Å². The van der Waals surface area contributed by atoms with E-state index in [9.17, 15) is 18.0 Å². The van der Waals surface area contributed by atoms with Crippen molar-refractivity contribution in [1.82, 2.24) is 9.71 Å². The average Bonchev–Trinajstić information content (AvgIpc) is 3.40. The van der Waals surface area contributed by atoms with Crippen molar-refractivity contribution in [2.24, 2.45) is 4.99 Å². The van der Waals surface area contributed by atoms with Gasteiger partial charge >= 0.3 is 29.6 Å². The van der Waals surface area contributed by atoms with Gasteiger partial charge in [-0.2, -0.15) is 4.99 Å². The number of amides is 2. The molecule has 2 amide bonds. The van der Waals surface area contributed by atoms with Crippen LogP contribution in [0.5, 0.6) is 0 Å². The first-order valence-corrected chi connectivity index (χ1v) is 17.0. The number of hydrogen-bond donors (Lipinski definition) is 2. The van der Waals surface area contributed by atoms with Gasteiger partial charge in [0.15, 0.2) is 5.17 Å². The summed E-state index contributed by atoms with van der Waals surface area (Å²) in [7, 11) is -3.94. The number of thioether (sulfide) groups is 1. The third-order valence-electron chi connectivity index (χ3n) is 7.58. The Bertz CT molecular complexity index is 1890. The number of anilines is 3. The molecular formula is C34H33N6NaO4S2. The van der Waals surface area contributed by atoms with E-state index in [1.165, 1.54) is 23.9 Å². The van der Waals surface area contributed by atoms with E-state index in [0.29, 0.717) is 21.3 Å². The first-order chi connectivity index (χ1) is 22.2. The second-order valence-corrected chi connectivity index (χ2v) is 13.6. The molecule has 4 aromatic rings. The second kappa shape index (κ2) is 15.3. The second-order valence-electron chi connectivity index (χ2n) is 10.9. The Labute approximate surface area is 300 Å². The molecule has 6 rings (SSSR count). The molecule has 47 heavy (non-hydrogen) atoms. The van der Waals surface area contributed by atoms with Crippen LogP contribution in [-0.4, -0.2) is 86.1 Å². The third-order valence-corrected chi connectivity index (χ3v) is 9.87. The van der Waals surface area contributed by atoms with E-state index in [-0.39, 0.29) is 46.8 Å². The van der Waals surface area contributed by atoms with Gasteiger partial charge in [-0.25, -0.2) is 18.1 Å². The summed E-state index contributed by atoms with van der Waals surface area (Å²) in [6, 6.07) is 27.4. The van der Waals surface area contributed by atoms with E-state index < -0.39 is 15.9 Å². The van der Waals surface area contributed by atoms with Crippen LogP contribution in [0, 0.1) is 6.92 Å². The van der Waals surface area contributed by atoms with Gasteiger partial charge in [0.1, 0.15) is 5.82 Å². The molecule has 0 bridgehead atoms. The SMILES string of the molecule is Cc1ccc(S(=O)(=O)NC(=O)Cc2ccc(NC3=NC(=O)C(=Cc4ccc(N5CCN(c6ccccn6)CC5)cc4)S3)cc2)cc1.[NaH]. The predicted octanol–water partition coefficient (Wildman–Crippen LogP) is 4.20. The van der Waals surface area contributed by atoms with Crippen LogP contribution in [0.15, 0.2) is 112 Å². The number of pyridine rings is 1. The molecule has 0 aliphatic carbocycles. The number of sulfonamides is 1. The maximum absolute atomic E-state index is 12.6. The number of aliphatic imine (C=N–C) groups is 1. The number of benzene rings is 3. The van der Waals surface area contributed by atoms with E-state index in [1.807, 2.05) is 49.5 Å². The average molecular weight is 677 g/mol. The molecule has 2 N–H and O–H groups in total. The Morgan fingerprint density at radius 1 is 0.894 bits per heavy atom. The maximum atomic E-state index is 12.6. The first kappa shape index (κ1) is 34.4. The molecule has 1 fully saturated rings. The molecule has 1 saturated heterocycles. The molecule has 0 unspecified atom stereocenters. The molecule has 0 radical (unpaired) electrons. The molecule has 3 heterocycles. The van der Waals surface area contributed by atoms with Gasteiger partial charge in [-0.05, 0) is 84.4 Å². The van der Waals surface area contributed by atoms with Gasteiger partial charge in [-0.15, -0.1) is 0 Å². The Morgan fingerprint density at radius 3 is 2.23 bits per heavy atom. The summed E-state index contributed by atoms with van der Waals surface area (Å²) in [5, 5.41) is 3.59. The first-order valence-electron chi connectivity index (χ1n) is 14.7. The summed E-state index contributed by atoms with van der Waals surface area (Å²) in [6.07, 6.45) is 3.55. The number of aromatic nitrogens is 1. The van der Waals surface area contributed by atoms with Crippen molar-refractivity contribution in [1.29, 1.82) is 0 Å². The van der Waals surface area contributed by atoms with Crippen molar-refractivity contribution in [3.05, 3.63) is 119 Å². The quantitative estimate of drug-likeness (QED) is 0.209. The van der Waals surface area contributed by atoms with Gasteiger partial charge in [0, 0.05) is 43.8 Å². The number of rotatable bonds is 8. The van der Waals surface area contributed by atoms with Crippen LogP contribution < -0.4 is 19.8 Å². The molecule has 236 valence electrons. The van der Waals surface area contributed by atoms with Gasteiger partial charge in [0.25, 0.3) is 15.9 Å². The topological polar surface area (TPSA) is 124 Å². The van der Waals surface area contributed by atoms with Crippen molar-refractivity contribution in [3.63, 3.8) is 0 Å². The van der Waals surface area contributed by atoms with Gasteiger partial charge in [-0.3, -0.25) is 9.59 Å². The predicted molar refractivity (Wildman–Crippen MR) is 191 cm³/mol. The Balaban J connectivity index is 0.00000433. The van der Waals surface area contributed by atoms with Crippen LogP contribution in [0.4, 0.5) is 17.2 Å². The zero-order chi connectivity index (χ0) is 32.1. The fraction of sp³-hybridized carbons (Fsp3) is 0.176. The van der Waals surface area contributed by atoms with E-state index in [4.69, 9.17) is 0 Å². The number of nitrogens with zero attached hydrogens (tertiary/aromatic N) is 4. The van der Waals surface area contributed by atoms with E-state index in [2.05, 4.69) is 41.9 Å². The Kier molecular flexibility index (Phi) is 11.2. The molecule has 0 spiro atoms. The Morgan fingerprint density at radius 2 is 1.57 bits per heavy atom. The molecule has 13 heteroatoms. The standard InChI is InChI=1S/C34H32N6O4S2.Na.H/c1-24-5-15-29(16-6-24)46(43,44)38-32(41)23-26-7-11-27(12-8-26)36-34-37-33(42)30(45-34)22-25-9-13-28(14-10-25)39-18-20-40(21-19-39)31-4-2-3-17-35-31;;/h2-17,22H,18-21,23H2,1H3,(H,38,41)(H,36,37,42);;. The van der Waals surface area contributed by atoms with Crippen LogP contribution >= 0.6 is 11.8 Å². The molecule has 1 aromatic heterocycles. The number of carbonyl (C=O) groups is 2. The molecule has 0 saturated carbocycles. The van der Waals surface area contributed by atoms with Crippen LogP contribution in [0.2, 0.25) is 0 Å². The van der Waals surface area contributed by atoms with Crippen LogP contribution in [0.3, 0.4) is 0 Å². The van der Waals surface area contributed by atoms with Gasteiger partial charge in [-0.1, -0.05) is 48.0 Å². The number of carbonyl (C=O) groups excluding carboxylic acids is 2. The fourth-order valence-electron chi connectivity index (χ4n) is 5.11. The Hall–Kier alpha value is -3.94. The zero-order valence-corrected chi connectivity index (χ0v) is 26.7. The molecular weight excluding hydrogens is 644 g/mol. The van der Waals surface area contributed by atoms with Crippen LogP contribution in [-0.2, 0) is 26.0 Å². The molecule has 2 aliphatic heterocycles. The third kappa shape index (κ3) is 8.91. The summed E-state index contributed by atoms with van der Waals surface area (Å²) in [4.78, 5) is 38.8. The van der Waals surface area contributed by atoms with E-state index >= 15 is 0 Å². The normalized spacial score (nSPS) is 15.6. The van der Waals surface area contributed by atoms with E-state index in [0.717, 1.165) is 48.8 Å². The van der Waals surface area contributed by atoms with Gasteiger partial charge in [0.05, 0.1) is 16.2 Å². The number of hydrogen-bond acceptors (Lipinski definition) is 9. The number of amidine groups is 1. The summed E-state index contributed by atoms with van der Waals surface area (Å²) < 4.78 is 27.1. The van der Waals surface area contributed by atoms with Crippen molar-refractivity contribution in [2.45, 2.75) is 18.2 Å². The van der Waals surface area contributed by atoms with E-state index in [1.54, 1.807) is 36.4 Å². The summed E-state index contributed by atoms with van der Waals surface area (Å²) in [5.41, 5.74) is 4.30. The number of nitrogens with one attached hydrogen (secondary N) is 2. The molecule has 3 aromatic carbocycles. The number of aryl methyl sites for hydroxylation is 1. The fourth-order valence-corrected chi connectivity index (χ4v) is 6.92. The van der Waals surface area contributed by atoms with Crippen molar-refractivity contribution in [3.8, 4) is 0 Å². The number of piperazine rings is 1. The summed E-state index contributed by atoms with van der Waals surface area (Å²) in [6.45, 7) is 5.46. The van der Waals surface area contributed by atoms with Gasteiger partial charge in [0.2, 0.25) is 5.91 Å². The summed E-state index contributed by atoms with van der Waals surface area (Å²) in [5.74, 6) is 0.0589. The van der Waals surface area contributed by atoms with Crippen molar-refractivity contribution >= 4 is 91.6 Å². The molecule has 10 nitrogen and oxygen atoms in total. The monoisotopic (exact) mass is 676 g/mol. The van der Waals surface area contributed by atoms with Crippen molar-refractivity contribution < 1.29 is 18.0 Å². The minimum absolute atomic E-state index is 0. The molecule has 0 atom stereocenters.